The van der Waals surface area contributed by atoms with Gasteiger partial charge in [0.05, 0.1) is 17.0 Å². The van der Waals surface area contributed by atoms with E-state index in [9.17, 15) is 0 Å². The van der Waals surface area contributed by atoms with Gasteiger partial charge in [0, 0.05) is 6.07 Å². The predicted molar refractivity (Wildman–Crippen MR) is 104 cm³/mol. The lowest BCUT2D eigenvalue weighted by Gasteiger charge is -2.53. The molecule has 0 spiro atoms. The molecule has 0 amide bonds. The van der Waals surface area contributed by atoms with E-state index in [-0.39, 0.29) is 0 Å². The fourth-order valence-corrected chi connectivity index (χ4v) is 7.84. The quantitative estimate of drug-likeness (QED) is 0.445. The van der Waals surface area contributed by atoms with E-state index in [2.05, 4.69) is 24.3 Å². The highest BCUT2D eigenvalue weighted by Gasteiger charge is 2.55. The van der Waals surface area contributed by atoms with Gasteiger partial charge in [0.1, 0.15) is 5.69 Å². The van der Waals surface area contributed by atoms with Crippen molar-refractivity contribution in [3.05, 3.63) is 29.4 Å². The second-order valence-corrected chi connectivity index (χ2v) is 9.53. The Morgan fingerprint density at radius 1 is 0.870 bits per heavy atom. The summed E-state index contributed by atoms with van der Waals surface area (Å²) < 4.78 is 1.48. The van der Waals surface area contributed by atoms with E-state index < -0.39 is 0 Å². The highest BCUT2D eigenvalue weighted by atomic mass is 32.2. The minimum atomic E-state index is 0.346. The zero-order chi connectivity index (χ0) is 15.7. The second-order valence-electron chi connectivity index (χ2n) is 7.43. The number of nitrogens with zero attached hydrogens (tertiary/aromatic N) is 1. The van der Waals surface area contributed by atoms with E-state index in [0.29, 0.717) is 4.71 Å². The topological polar surface area (TPSA) is 23.8 Å². The summed E-state index contributed by atoms with van der Waals surface area (Å²) in [5.41, 5.74) is 1.56. The third-order valence-corrected chi connectivity index (χ3v) is 8.60. The first-order valence-electron chi connectivity index (χ1n) is 9.34. The Kier molecular flexibility index (Phi) is 4.96. The van der Waals surface area contributed by atoms with Crippen LogP contribution in [0.2, 0.25) is 0 Å². The van der Waals surface area contributed by atoms with Crippen LogP contribution in [0.4, 0.5) is 5.69 Å². The summed E-state index contributed by atoms with van der Waals surface area (Å²) in [6, 6.07) is 10.6. The third-order valence-electron chi connectivity index (χ3n) is 6.32. The van der Waals surface area contributed by atoms with Crippen molar-refractivity contribution in [3.8, 4) is 0 Å². The molecule has 1 N–H and O–H groups in total. The van der Waals surface area contributed by atoms with Gasteiger partial charge in [0.2, 0.25) is 0 Å². The number of quaternary nitrogens is 1. The number of rotatable bonds is 3. The maximum Gasteiger partial charge on any atom is 0.174 e. The van der Waals surface area contributed by atoms with Gasteiger partial charge < -0.3 is 5.14 Å². The van der Waals surface area contributed by atoms with Gasteiger partial charge in [-0.05, 0) is 69.2 Å². The number of hydrogen-bond donors (Lipinski definition) is 0. The van der Waals surface area contributed by atoms with Crippen LogP contribution in [-0.4, -0.2) is 16.8 Å². The van der Waals surface area contributed by atoms with Gasteiger partial charge in [-0.3, -0.25) is 4.48 Å². The average Bonchev–Trinajstić information content (AvgIpc) is 2.98. The Balaban J connectivity index is 1.82. The molecule has 1 aromatic rings. The van der Waals surface area contributed by atoms with E-state index in [1.807, 2.05) is 11.8 Å². The molecule has 0 radical (unpaired) electrons. The summed E-state index contributed by atoms with van der Waals surface area (Å²) in [6.45, 7) is 0. The number of thioether (sulfide) groups is 1. The molecule has 4 heteroatoms. The zero-order valence-electron chi connectivity index (χ0n) is 13.9. The van der Waals surface area contributed by atoms with Crippen LogP contribution in [-0.2, 0) is 0 Å². The number of benzene rings is 1. The highest BCUT2D eigenvalue weighted by molar-refractivity contribution is 8.18. The molecule has 126 valence electrons. The molecule has 1 aromatic carbocycles. The molecule has 2 nitrogen and oxygen atoms in total. The highest BCUT2D eigenvalue weighted by Crippen LogP contribution is 2.58. The summed E-state index contributed by atoms with van der Waals surface area (Å²) in [5, 5.41) is 8.25. The number of fused-ring (bicyclic) bond motifs is 1. The first-order chi connectivity index (χ1) is 11.4. The molecule has 1 unspecified atom stereocenters. The second kappa shape index (κ2) is 6.99. The Bertz CT molecular complexity index is 518. The van der Waals surface area contributed by atoms with Crippen LogP contribution in [0.5, 0.6) is 0 Å². The smallest absolute Gasteiger partial charge is 0.174 e. The lowest BCUT2D eigenvalue weighted by atomic mass is 9.85. The van der Waals surface area contributed by atoms with Gasteiger partial charge in [-0.25, -0.2) is 11.9 Å². The van der Waals surface area contributed by atoms with Crippen molar-refractivity contribution < 1.29 is 0 Å². The SMILES string of the molecule is [NH-]SC1Sc2ccccc2[N+]1(C1CCCCC1)C1CCCCC1. The van der Waals surface area contributed by atoms with E-state index in [1.165, 1.54) is 81.1 Å². The van der Waals surface area contributed by atoms with Crippen LogP contribution in [0.1, 0.15) is 64.2 Å². The fraction of sp³-hybridized carbons (Fsp3) is 0.684. The van der Waals surface area contributed by atoms with Crippen molar-refractivity contribution in [1.82, 2.24) is 4.48 Å². The van der Waals surface area contributed by atoms with Crippen LogP contribution in [0.25, 0.3) is 5.14 Å². The van der Waals surface area contributed by atoms with Crippen molar-refractivity contribution in [3.63, 3.8) is 0 Å². The minimum absolute atomic E-state index is 0.346. The molecule has 0 saturated heterocycles. The molecule has 3 aliphatic rings. The van der Waals surface area contributed by atoms with Gasteiger partial charge in [-0.2, -0.15) is 0 Å². The van der Waals surface area contributed by atoms with Crippen LogP contribution in [0.3, 0.4) is 0 Å². The number of hydrogen-bond acceptors (Lipinski definition) is 2. The molecular weight excluding hydrogens is 320 g/mol. The van der Waals surface area contributed by atoms with E-state index in [1.54, 1.807) is 5.69 Å². The normalized spacial score (nSPS) is 28.7. The Morgan fingerprint density at radius 3 is 2.00 bits per heavy atom. The van der Waals surface area contributed by atoms with Crippen molar-refractivity contribution in [2.24, 2.45) is 0 Å². The van der Waals surface area contributed by atoms with Gasteiger partial charge in [0.15, 0.2) is 4.71 Å². The largest absolute Gasteiger partial charge is 0.616 e. The van der Waals surface area contributed by atoms with Gasteiger partial charge >= 0.3 is 0 Å². The maximum atomic E-state index is 8.25. The van der Waals surface area contributed by atoms with Crippen LogP contribution < -0.4 is 4.48 Å². The molecule has 2 fully saturated rings. The monoisotopic (exact) mass is 348 g/mol. The molecule has 1 aliphatic heterocycles. The fourth-order valence-electron chi connectivity index (χ4n) is 5.35. The molecule has 2 aliphatic carbocycles. The van der Waals surface area contributed by atoms with Crippen LogP contribution in [0.15, 0.2) is 29.2 Å². The minimum Gasteiger partial charge on any atom is -0.616 e. The molecule has 2 saturated carbocycles. The Labute approximate surface area is 149 Å². The Hall–Kier alpha value is -0.160. The lowest BCUT2D eigenvalue weighted by Crippen LogP contribution is -2.65. The maximum absolute atomic E-state index is 8.25. The number of para-hydroxylation sites is 1. The lowest BCUT2D eigenvalue weighted by molar-refractivity contribution is 0.1000. The molecule has 0 aromatic heterocycles. The van der Waals surface area contributed by atoms with E-state index in [0.717, 1.165) is 16.6 Å². The summed E-state index contributed by atoms with van der Waals surface area (Å²) in [6.07, 6.45) is 13.8. The van der Waals surface area contributed by atoms with Crippen molar-refractivity contribution in [1.29, 1.82) is 0 Å². The summed E-state index contributed by atoms with van der Waals surface area (Å²) in [7, 11) is 0. The summed E-state index contributed by atoms with van der Waals surface area (Å²) in [4.78, 5) is 1.45. The average molecular weight is 349 g/mol. The first kappa shape index (κ1) is 16.3. The molecule has 1 heterocycles. The van der Waals surface area contributed by atoms with Crippen molar-refractivity contribution in [2.75, 3.05) is 0 Å². The summed E-state index contributed by atoms with van der Waals surface area (Å²) >= 11 is 3.35. The first-order valence-corrected chi connectivity index (χ1v) is 11.1. The summed E-state index contributed by atoms with van der Waals surface area (Å²) in [5.74, 6) is 0. The Morgan fingerprint density at radius 2 is 1.43 bits per heavy atom. The number of nitrogens with one attached hydrogen (secondary N) is 1. The van der Waals surface area contributed by atoms with Crippen LogP contribution >= 0.6 is 23.7 Å². The molecule has 1 atom stereocenters. The predicted octanol–water partition coefficient (Wildman–Crippen LogP) is 6.75. The molecular formula is C19H28N2S2. The van der Waals surface area contributed by atoms with E-state index in [4.69, 9.17) is 5.14 Å². The van der Waals surface area contributed by atoms with Crippen molar-refractivity contribution in [2.45, 2.75) is 85.9 Å². The third kappa shape index (κ3) is 2.66. The van der Waals surface area contributed by atoms with Gasteiger partial charge in [0.25, 0.3) is 0 Å². The van der Waals surface area contributed by atoms with Gasteiger partial charge in [-0.1, -0.05) is 25.0 Å². The van der Waals surface area contributed by atoms with Gasteiger partial charge in [-0.15, -0.1) is 0 Å². The van der Waals surface area contributed by atoms with E-state index >= 15 is 0 Å². The van der Waals surface area contributed by atoms with Crippen LogP contribution in [0, 0.1) is 0 Å². The van der Waals surface area contributed by atoms with Crippen molar-refractivity contribution >= 4 is 29.4 Å². The molecule has 23 heavy (non-hydrogen) atoms. The molecule has 0 bridgehead atoms. The standard InChI is InChI=1S/C19H28N2S2/c20-23-19-21(15-9-3-1-4-10-15,16-11-5-2-6-12-16)17-13-7-8-14-18(17)22-19/h7-8,13-16,19-20H,1-6,9-12H2. The molecule has 4 rings (SSSR count). The zero-order valence-corrected chi connectivity index (χ0v) is 15.5.